The second-order valence-corrected chi connectivity index (χ2v) is 4.72. The Labute approximate surface area is 99.4 Å². The Balaban J connectivity index is 2.31. The van der Waals surface area contributed by atoms with E-state index in [1.807, 2.05) is 19.1 Å². The maximum Gasteiger partial charge on any atom is 0.137 e. The number of benzene rings is 1. The summed E-state index contributed by atoms with van der Waals surface area (Å²) in [5.74, 6) is 0.758. The zero-order valence-electron chi connectivity index (χ0n) is 8.47. The van der Waals surface area contributed by atoms with Crippen molar-refractivity contribution in [2.75, 3.05) is 0 Å². The lowest BCUT2D eigenvalue weighted by atomic mass is 9.68. The predicted molar refractivity (Wildman–Crippen MR) is 62.6 cm³/mol. The molecule has 3 heteroatoms. The monoisotopic (exact) mass is 242 g/mol. The lowest BCUT2D eigenvalue weighted by Crippen LogP contribution is -2.34. The van der Waals surface area contributed by atoms with Crippen molar-refractivity contribution < 1.29 is 4.79 Å². The molecule has 0 aromatic heterocycles. The van der Waals surface area contributed by atoms with Crippen molar-refractivity contribution in [1.82, 2.24) is 0 Å². The Bertz CT molecular complexity index is 401. The van der Waals surface area contributed by atoms with Gasteiger partial charge in [0.15, 0.2) is 0 Å². The quantitative estimate of drug-likeness (QED) is 0.764. The first-order valence-corrected chi connectivity index (χ1v) is 5.87. The van der Waals surface area contributed by atoms with Crippen LogP contribution in [0.2, 0.25) is 10.0 Å². The largest absolute Gasteiger partial charge is 0.299 e. The van der Waals surface area contributed by atoms with Gasteiger partial charge in [0.05, 0.1) is 10.0 Å². The summed E-state index contributed by atoms with van der Waals surface area (Å²) in [5.41, 5.74) is 1.02. The third-order valence-electron chi connectivity index (χ3n) is 3.14. The van der Waals surface area contributed by atoms with Gasteiger partial charge >= 0.3 is 0 Å². The smallest absolute Gasteiger partial charge is 0.137 e. The van der Waals surface area contributed by atoms with Gasteiger partial charge in [0.25, 0.3) is 0 Å². The van der Waals surface area contributed by atoms with E-state index >= 15 is 0 Å². The van der Waals surface area contributed by atoms with Gasteiger partial charge in [-0.25, -0.2) is 0 Å². The van der Waals surface area contributed by atoms with Crippen LogP contribution in [0.15, 0.2) is 18.2 Å². The number of hydrogen-bond donors (Lipinski definition) is 0. The Hall–Kier alpha value is -0.530. The Morgan fingerprint density at radius 3 is 2.73 bits per heavy atom. The number of Topliss-reactive ketones (excluding diaryl/α,β-unsaturated/α-hetero) is 1. The van der Waals surface area contributed by atoms with Crippen LogP contribution in [-0.2, 0) is 4.79 Å². The summed E-state index contributed by atoms with van der Waals surface area (Å²) in [5, 5.41) is 1.18. The van der Waals surface area contributed by atoms with Crippen LogP contribution in [0.3, 0.4) is 0 Å². The first-order valence-electron chi connectivity index (χ1n) is 5.11. The summed E-state index contributed by atoms with van der Waals surface area (Å²) in [7, 11) is 0. The van der Waals surface area contributed by atoms with Crippen LogP contribution in [0.5, 0.6) is 0 Å². The van der Waals surface area contributed by atoms with Gasteiger partial charge in [-0.3, -0.25) is 4.79 Å². The highest BCUT2D eigenvalue weighted by molar-refractivity contribution is 6.42. The molecule has 1 nitrogen and oxygen atoms in total. The van der Waals surface area contributed by atoms with E-state index in [-0.39, 0.29) is 11.8 Å². The van der Waals surface area contributed by atoms with Crippen LogP contribution >= 0.6 is 23.2 Å². The summed E-state index contributed by atoms with van der Waals surface area (Å²) in [6.45, 7) is 2.03. The lowest BCUT2D eigenvalue weighted by Gasteiger charge is -2.35. The van der Waals surface area contributed by atoms with Crippen LogP contribution in [0.1, 0.15) is 31.2 Å². The molecule has 0 aliphatic heterocycles. The minimum Gasteiger partial charge on any atom is -0.299 e. The fraction of sp³-hybridized carbons (Fsp3) is 0.417. The fourth-order valence-electron chi connectivity index (χ4n) is 2.22. The van der Waals surface area contributed by atoms with Crippen molar-refractivity contribution in [2.45, 2.75) is 25.7 Å². The highest BCUT2D eigenvalue weighted by Gasteiger charge is 2.40. The van der Waals surface area contributed by atoms with Gasteiger partial charge in [-0.15, -0.1) is 0 Å². The number of carbonyl (C=O) groups excluding carboxylic acids is 1. The van der Waals surface area contributed by atoms with Gasteiger partial charge in [0.1, 0.15) is 5.78 Å². The number of carbonyl (C=O) groups is 1. The van der Waals surface area contributed by atoms with E-state index in [0.29, 0.717) is 22.2 Å². The second-order valence-electron chi connectivity index (χ2n) is 3.93. The van der Waals surface area contributed by atoms with E-state index in [4.69, 9.17) is 23.2 Å². The molecule has 15 heavy (non-hydrogen) atoms. The van der Waals surface area contributed by atoms with E-state index in [9.17, 15) is 4.79 Å². The summed E-state index contributed by atoms with van der Waals surface area (Å²) in [6.07, 6.45) is 1.49. The van der Waals surface area contributed by atoms with Gasteiger partial charge in [-0.1, -0.05) is 42.3 Å². The highest BCUT2D eigenvalue weighted by atomic mass is 35.5. The molecule has 0 amide bonds. The van der Waals surface area contributed by atoms with E-state index in [2.05, 4.69) is 0 Å². The molecule has 1 aliphatic rings. The average Bonchev–Trinajstić information content (AvgIpc) is 2.20. The first-order chi connectivity index (χ1) is 7.15. The summed E-state index contributed by atoms with van der Waals surface area (Å²) < 4.78 is 0. The molecular formula is C12H12Cl2O. The molecule has 1 fully saturated rings. The van der Waals surface area contributed by atoms with Crippen LogP contribution < -0.4 is 0 Å². The summed E-state index contributed by atoms with van der Waals surface area (Å²) in [4.78, 5) is 11.4. The van der Waals surface area contributed by atoms with Crippen molar-refractivity contribution >= 4 is 29.0 Å². The standard InChI is InChI=1S/C12H12Cl2O/c1-2-7-9(6-11(7)15)8-4-3-5-10(13)12(8)14/h3-5,7,9H,2,6H2,1H3. The molecule has 0 bridgehead atoms. The zero-order chi connectivity index (χ0) is 11.0. The van der Waals surface area contributed by atoms with Crippen molar-refractivity contribution in [2.24, 2.45) is 5.92 Å². The molecule has 0 saturated heterocycles. The van der Waals surface area contributed by atoms with E-state index in [1.54, 1.807) is 6.07 Å². The van der Waals surface area contributed by atoms with Gasteiger partial charge in [-0.05, 0) is 18.1 Å². The number of hydrogen-bond acceptors (Lipinski definition) is 1. The van der Waals surface area contributed by atoms with Crippen LogP contribution in [0.4, 0.5) is 0 Å². The third kappa shape index (κ3) is 1.79. The SMILES string of the molecule is CCC1C(=O)CC1c1cccc(Cl)c1Cl. The molecule has 0 N–H and O–H groups in total. The Morgan fingerprint density at radius 2 is 2.13 bits per heavy atom. The molecule has 0 spiro atoms. The van der Waals surface area contributed by atoms with Crippen LogP contribution in [0, 0.1) is 5.92 Å². The summed E-state index contributed by atoms with van der Waals surface area (Å²) in [6, 6.07) is 5.63. The summed E-state index contributed by atoms with van der Waals surface area (Å²) >= 11 is 12.1. The molecule has 0 heterocycles. The van der Waals surface area contributed by atoms with Crippen molar-refractivity contribution in [1.29, 1.82) is 0 Å². The number of halogens is 2. The topological polar surface area (TPSA) is 17.1 Å². The van der Waals surface area contributed by atoms with E-state index < -0.39 is 0 Å². The van der Waals surface area contributed by atoms with Gasteiger partial charge < -0.3 is 0 Å². The first kappa shape index (κ1) is 11.0. The maximum absolute atomic E-state index is 11.4. The van der Waals surface area contributed by atoms with E-state index in [0.717, 1.165) is 12.0 Å². The van der Waals surface area contributed by atoms with Crippen LogP contribution in [0.25, 0.3) is 0 Å². The maximum atomic E-state index is 11.4. The lowest BCUT2D eigenvalue weighted by molar-refractivity contribution is -0.131. The normalized spacial score (nSPS) is 25.1. The molecule has 0 radical (unpaired) electrons. The second kappa shape index (κ2) is 4.15. The fourth-order valence-corrected chi connectivity index (χ4v) is 2.67. The molecular weight excluding hydrogens is 231 g/mol. The molecule has 1 aromatic rings. The average molecular weight is 243 g/mol. The number of ketones is 1. The molecule has 2 rings (SSSR count). The molecule has 1 aliphatic carbocycles. The molecule has 80 valence electrons. The van der Waals surface area contributed by atoms with Gasteiger partial charge in [0, 0.05) is 18.3 Å². The van der Waals surface area contributed by atoms with Crippen molar-refractivity contribution in [3.63, 3.8) is 0 Å². The number of rotatable bonds is 2. The Morgan fingerprint density at radius 1 is 1.40 bits per heavy atom. The molecule has 1 aromatic carbocycles. The Kier molecular flexibility index (Phi) is 3.03. The van der Waals surface area contributed by atoms with Crippen LogP contribution in [-0.4, -0.2) is 5.78 Å². The highest BCUT2D eigenvalue weighted by Crippen LogP contribution is 2.45. The molecule has 2 atom stereocenters. The van der Waals surface area contributed by atoms with E-state index in [1.165, 1.54) is 0 Å². The van der Waals surface area contributed by atoms with Crippen molar-refractivity contribution in [3.8, 4) is 0 Å². The minimum absolute atomic E-state index is 0.140. The van der Waals surface area contributed by atoms with Crippen molar-refractivity contribution in [3.05, 3.63) is 33.8 Å². The molecule has 2 unspecified atom stereocenters. The third-order valence-corrected chi connectivity index (χ3v) is 3.97. The minimum atomic E-state index is 0.140. The van der Waals surface area contributed by atoms with Gasteiger partial charge in [0.2, 0.25) is 0 Å². The predicted octanol–water partition coefficient (Wildman–Crippen LogP) is 4.08. The van der Waals surface area contributed by atoms with Gasteiger partial charge in [-0.2, -0.15) is 0 Å². The molecule has 1 saturated carbocycles. The zero-order valence-corrected chi connectivity index (χ0v) is 9.98.